The molecule has 6 heteroatoms. The van der Waals surface area contributed by atoms with Crippen LogP contribution in [0.5, 0.6) is 5.75 Å². The molecule has 0 fully saturated rings. The van der Waals surface area contributed by atoms with Crippen LogP contribution >= 0.6 is 0 Å². The van der Waals surface area contributed by atoms with Gasteiger partial charge in [0.1, 0.15) is 0 Å². The zero-order valence-corrected chi connectivity index (χ0v) is 23.5. The predicted octanol–water partition coefficient (Wildman–Crippen LogP) is 9.76. The standard InChI is InChI=1S/C35H36F4O2/c1-3-5-6-22-41-31-21-20-29(34(38)35(31)39)24-11-8-23(9-12-24)10-13-27-18-19-28(33(37)32(27)36)25-14-16-26(17-15-25)30(40)7-4-2/h8-9,11-12,14-21,30,40H,3-7,10,13,22H2,1-2H3. The van der Waals surface area contributed by atoms with Gasteiger partial charge < -0.3 is 9.84 Å². The largest absolute Gasteiger partial charge is 0.490 e. The third kappa shape index (κ3) is 7.36. The first kappa shape index (κ1) is 30.3. The molecule has 0 bridgehead atoms. The van der Waals surface area contributed by atoms with Crippen molar-refractivity contribution in [1.29, 1.82) is 0 Å². The van der Waals surface area contributed by atoms with Crippen LogP contribution in [0.3, 0.4) is 0 Å². The first-order chi connectivity index (χ1) is 19.8. The molecule has 0 saturated heterocycles. The highest BCUT2D eigenvalue weighted by molar-refractivity contribution is 5.66. The summed E-state index contributed by atoms with van der Waals surface area (Å²) in [6, 6.07) is 19.9. The lowest BCUT2D eigenvalue weighted by atomic mass is 9.96. The SMILES string of the molecule is CCCCCOc1ccc(-c2ccc(CCc3ccc(-c4ccc(C(O)CCC)cc4)c(F)c3F)cc2)c(F)c1F. The van der Waals surface area contributed by atoms with E-state index in [9.17, 15) is 22.7 Å². The molecule has 0 amide bonds. The zero-order chi connectivity index (χ0) is 29.4. The van der Waals surface area contributed by atoms with Gasteiger partial charge in [0.25, 0.3) is 0 Å². The molecule has 4 aromatic rings. The fraction of sp³-hybridized carbons (Fsp3) is 0.314. The smallest absolute Gasteiger partial charge is 0.201 e. The van der Waals surface area contributed by atoms with E-state index in [-0.39, 0.29) is 28.9 Å². The fourth-order valence-electron chi connectivity index (χ4n) is 4.86. The summed E-state index contributed by atoms with van der Waals surface area (Å²) in [6.07, 6.45) is 4.37. The Bertz CT molecular complexity index is 1430. The molecule has 0 radical (unpaired) electrons. The van der Waals surface area contributed by atoms with Gasteiger partial charge in [0.05, 0.1) is 12.7 Å². The monoisotopic (exact) mass is 564 g/mol. The van der Waals surface area contributed by atoms with Crippen molar-refractivity contribution >= 4 is 0 Å². The lowest BCUT2D eigenvalue weighted by Crippen LogP contribution is -2.02. The van der Waals surface area contributed by atoms with Gasteiger partial charge in [-0.15, -0.1) is 0 Å². The molecule has 4 aromatic carbocycles. The van der Waals surface area contributed by atoms with Crippen LogP contribution in [0.4, 0.5) is 17.6 Å². The molecule has 41 heavy (non-hydrogen) atoms. The number of hydrogen-bond donors (Lipinski definition) is 1. The van der Waals surface area contributed by atoms with Crippen LogP contribution in [0.2, 0.25) is 0 Å². The van der Waals surface area contributed by atoms with Gasteiger partial charge in [-0.05, 0) is 65.6 Å². The highest BCUT2D eigenvalue weighted by Gasteiger charge is 2.17. The van der Waals surface area contributed by atoms with Crippen molar-refractivity contribution in [1.82, 2.24) is 0 Å². The molecular formula is C35H36F4O2. The third-order valence-electron chi connectivity index (χ3n) is 7.33. The molecule has 1 unspecified atom stereocenters. The summed E-state index contributed by atoms with van der Waals surface area (Å²) in [5.74, 6) is -3.86. The third-order valence-corrected chi connectivity index (χ3v) is 7.33. The lowest BCUT2D eigenvalue weighted by Gasteiger charge is -2.12. The fourth-order valence-corrected chi connectivity index (χ4v) is 4.86. The first-order valence-corrected chi connectivity index (χ1v) is 14.3. The molecule has 1 N–H and O–H groups in total. The minimum atomic E-state index is -1.01. The summed E-state index contributed by atoms with van der Waals surface area (Å²) in [5, 5.41) is 10.1. The second-order valence-electron chi connectivity index (χ2n) is 10.3. The minimum absolute atomic E-state index is 0.0953. The average molecular weight is 565 g/mol. The van der Waals surface area contributed by atoms with E-state index >= 15 is 0 Å². The van der Waals surface area contributed by atoms with Crippen molar-refractivity contribution < 1.29 is 27.4 Å². The van der Waals surface area contributed by atoms with Crippen LogP contribution in [0, 0.1) is 23.3 Å². The summed E-state index contributed by atoms with van der Waals surface area (Å²) >= 11 is 0. The van der Waals surface area contributed by atoms with Crippen molar-refractivity contribution in [2.45, 2.75) is 64.9 Å². The Balaban J connectivity index is 1.41. The number of aliphatic hydroxyl groups is 1. The maximum absolute atomic E-state index is 15.0. The van der Waals surface area contributed by atoms with Gasteiger partial charge >= 0.3 is 0 Å². The quantitative estimate of drug-likeness (QED) is 0.129. The van der Waals surface area contributed by atoms with Crippen LogP contribution in [-0.4, -0.2) is 11.7 Å². The van der Waals surface area contributed by atoms with Crippen molar-refractivity contribution in [2.24, 2.45) is 0 Å². The topological polar surface area (TPSA) is 29.5 Å². The number of unbranched alkanes of at least 4 members (excludes halogenated alkanes) is 2. The molecular weight excluding hydrogens is 528 g/mol. The summed E-state index contributed by atoms with van der Waals surface area (Å²) in [7, 11) is 0. The molecule has 0 saturated carbocycles. The molecule has 1 atom stereocenters. The molecule has 4 rings (SSSR count). The predicted molar refractivity (Wildman–Crippen MR) is 156 cm³/mol. The van der Waals surface area contributed by atoms with Gasteiger partial charge in [-0.3, -0.25) is 0 Å². The van der Waals surface area contributed by atoms with E-state index in [1.165, 1.54) is 12.1 Å². The number of rotatable bonds is 13. The Morgan fingerprint density at radius 1 is 0.634 bits per heavy atom. The summed E-state index contributed by atoms with van der Waals surface area (Å²) < 4.78 is 64.7. The van der Waals surface area contributed by atoms with Gasteiger partial charge in [-0.1, -0.05) is 93.8 Å². The molecule has 0 aromatic heterocycles. The summed E-state index contributed by atoms with van der Waals surface area (Å²) in [6.45, 7) is 4.38. The highest BCUT2D eigenvalue weighted by Crippen LogP contribution is 2.31. The highest BCUT2D eigenvalue weighted by atomic mass is 19.2. The van der Waals surface area contributed by atoms with Gasteiger partial charge in [0.15, 0.2) is 23.2 Å². The van der Waals surface area contributed by atoms with Crippen LogP contribution in [0.25, 0.3) is 22.3 Å². The Hall–Kier alpha value is -3.64. The van der Waals surface area contributed by atoms with Gasteiger partial charge in [0.2, 0.25) is 5.82 Å². The van der Waals surface area contributed by atoms with E-state index in [1.807, 2.05) is 6.92 Å². The van der Waals surface area contributed by atoms with Crippen molar-refractivity contribution in [3.63, 3.8) is 0 Å². The Morgan fingerprint density at radius 2 is 1.24 bits per heavy atom. The molecule has 0 aliphatic carbocycles. The van der Waals surface area contributed by atoms with Crippen LogP contribution < -0.4 is 4.74 Å². The van der Waals surface area contributed by atoms with Crippen molar-refractivity contribution in [3.8, 4) is 28.0 Å². The van der Waals surface area contributed by atoms with E-state index in [0.717, 1.165) is 36.8 Å². The Labute approximate surface area is 239 Å². The van der Waals surface area contributed by atoms with Crippen LogP contribution in [0.15, 0.2) is 72.8 Å². The van der Waals surface area contributed by atoms with E-state index < -0.39 is 29.4 Å². The molecule has 2 nitrogen and oxygen atoms in total. The minimum Gasteiger partial charge on any atom is -0.490 e. The first-order valence-electron chi connectivity index (χ1n) is 14.3. The molecule has 0 aliphatic heterocycles. The maximum Gasteiger partial charge on any atom is 0.201 e. The number of ether oxygens (including phenoxy) is 1. The van der Waals surface area contributed by atoms with Gasteiger partial charge in [-0.25, -0.2) is 13.2 Å². The van der Waals surface area contributed by atoms with E-state index in [2.05, 4.69) is 6.92 Å². The van der Waals surface area contributed by atoms with E-state index in [4.69, 9.17) is 4.74 Å². The summed E-state index contributed by atoms with van der Waals surface area (Å²) in [4.78, 5) is 0. The second-order valence-corrected chi connectivity index (χ2v) is 10.3. The molecule has 0 spiro atoms. The number of hydrogen-bond acceptors (Lipinski definition) is 2. The van der Waals surface area contributed by atoms with E-state index in [0.29, 0.717) is 30.6 Å². The van der Waals surface area contributed by atoms with Crippen molar-refractivity contribution in [2.75, 3.05) is 6.61 Å². The van der Waals surface area contributed by atoms with Crippen LogP contribution in [-0.2, 0) is 12.8 Å². The number of benzene rings is 4. The molecule has 0 heterocycles. The lowest BCUT2D eigenvalue weighted by molar-refractivity contribution is 0.166. The normalized spacial score (nSPS) is 12.0. The Kier molecular flexibility index (Phi) is 10.6. The van der Waals surface area contributed by atoms with E-state index in [1.54, 1.807) is 60.7 Å². The van der Waals surface area contributed by atoms with Crippen LogP contribution in [0.1, 0.15) is 68.7 Å². The molecule has 0 aliphatic rings. The second kappa shape index (κ2) is 14.3. The Morgan fingerprint density at radius 3 is 1.88 bits per heavy atom. The van der Waals surface area contributed by atoms with Crippen molar-refractivity contribution in [3.05, 3.63) is 113 Å². The van der Waals surface area contributed by atoms with Gasteiger partial charge in [-0.2, -0.15) is 4.39 Å². The zero-order valence-electron chi connectivity index (χ0n) is 23.5. The number of halogens is 4. The molecule has 216 valence electrons. The maximum atomic E-state index is 15.0. The number of aryl methyl sites for hydroxylation is 2. The number of aliphatic hydroxyl groups excluding tert-OH is 1. The average Bonchev–Trinajstić information content (AvgIpc) is 2.99. The van der Waals surface area contributed by atoms with Gasteiger partial charge in [0, 0.05) is 11.1 Å². The summed E-state index contributed by atoms with van der Waals surface area (Å²) in [5.41, 5.74) is 3.21.